The normalized spacial score (nSPS) is 21.5. The molecule has 2 aromatic rings. The molecule has 0 spiro atoms. The van der Waals surface area contributed by atoms with Crippen LogP contribution in [0.25, 0.3) is 6.08 Å². The van der Waals surface area contributed by atoms with Gasteiger partial charge in [0.15, 0.2) is 11.6 Å². The van der Waals surface area contributed by atoms with Crippen LogP contribution in [0.15, 0.2) is 42.0 Å². The van der Waals surface area contributed by atoms with E-state index in [4.69, 9.17) is 16.3 Å². The third-order valence-electron chi connectivity index (χ3n) is 4.83. The maximum Gasteiger partial charge on any atom is 0.253 e. The number of benzene rings is 2. The summed E-state index contributed by atoms with van der Waals surface area (Å²) >= 11 is 6.00. The van der Waals surface area contributed by atoms with Crippen LogP contribution >= 0.6 is 11.6 Å². The SMILES string of the molecule is O=C(C1=Cc2cc(Cl)ccc2OC1)N1C[C@@H](O)C[C@@H]1c1ccc(F)c(F)c1. The van der Waals surface area contributed by atoms with E-state index in [-0.39, 0.29) is 25.5 Å². The van der Waals surface area contributed by atoms with Gasteiger partial charge in [0.2, 0.25) is 0 Å². The summed E-state index contributed by atoms with van der Waals surface area (Å²) in [4.78, 5) is 14.5. The first kappa shape index (κ1) is 17.9. The fourth-order valence-corrected chi connectivity index (χ4v) is 3.71. The first-order valence-corrected chi connectivity index (χ1v) is 8.87. The van der Waals surface area contributed by atoms with Crippen molar-refractivity contribution in [2.45, 2.75) is 18.6 Å². The lowest BCUT2D eigenvalue weighted by Crippen LogP contribution is -2.35. The third-order valence-corrected chi connectivity index (χ3v) is 5.06. The number of fused-ring (bicyclic) bond motifs is 1. The van der Waals surface area contributed by atoms with E-state index in [0.717, 1.165) is 12.1 Å². The highest BCUT2D eigenvalue weighted by atomic mass is 35.5. The van der Waals surface area contributed by atoms with Gasteiger partial charge in [-0.25, -0.2) is 8.78 Å². The van der Waals surface area contributed by atoms with Crippen molar-refractivity contribution in [1.29, 1.82) is 0 Å². The zero-order valence-corrected chi connectivity index (χ0v) is 14.9. The van der Waals surface area contributed by atoms with Crippen LogP contribution in [0.4, 0.5) is 8.78 Å². The molecule has 27 heavy (non-hydrogen) atoms. The van der Waals surface area contributed by atoms with Crippen LogP contribution in [0.5, 0.6) is 5.75 Å². The van der Waals surface area contributed by atoms with E-state index in [9.17, 15) is 18.7 Å². The molecule has 0 bridgehead atoms. The Bertz CT molecular complexity index is 947. The molecule has 1 saturated heterocycles. The molecule has 1 amide bonds. The summed E-state index contributed by atoms with van der Waals surface area (Å²) < 4.78 is 32.5. The molecule has 2 aromatic carbocycles. The quantitative estimate of drug-likeness (QED) is 0.848. The summed E-state index contributed by atoms with van der Waals surface area (Å²) in [5.41, 5.74) is 1.55. The minimum absolute atomic E-state index is 0.0879. The van der Waals surface area contributed by atoms with Crippen LogP contribution in [0.2, 0.25) is 5.02 Å². The van der Waals surface area contributed by atoms with Crippen molar-refractivity contribution in [2.24, 2.45) is 0 Å². The minimum Gasteiger partial charge on any atom is -0.488 e. The molecule has 0 radical (unpaired) electrons. The zero-order chi connectivity index (χ0) is 19.1. The number of likely N-dealkylation sites (tertiary alicyclic amines) is 1. The molecule has 0 unspecified atom stereocenters. The molecule has 1 N–H and O–H groups in total. The van der Waals surface area contributed by atoms with E-state index in [2.05, 4.69) is 0 Å². The maximum atomic E-state index is 13.6. The van der Waals surface area contributed by atoms with Crippen molar-refractivity contribution < 1.29 is 23.4 Å². The number of hydrogen-bond acceptors (Lipinski definition) is 3. The standard InChI is InChI=1S/C20H16ClF2NO3/c21-14-2-4-19-12(6-14)5-13(10-27-19)20(26)24-9-15(25)8-18(24)11-1-3-16(22)17(23)7-11/h1-7,15,18,25H,8-10H2/t15-,18+/m0/s1. The van der Waals surface area contributed by atoms with Crippen molar-refractivity contribution in [3.8, 4) is 5.75 Å². The number of aliphatic hydroxyl groups excluding tert-OH is 1. The fraction of sp³-hybridized carbons (Fsp3) is 0.250. The van der Waals surface area contributed by atoms with Gasteiger partial charge in [0.25, 0.3) is 5.91 Å². The van der Waals surface area contributed by atoms with Crippen molar-refractivity contribution in [3.05, 3.63) is 69.8 Å². The summed E-state index contributed by atoms with van der Waals surface area (Å²) in [7, 11) is 0. The Morgan fingerprint density at radius 1 is 1.19 bits per heavy atom. The van der Waals surface area contributed by atoms with Gasteiger partial charge in [-0.15, -0.1) is 0 Å². The number of aliphatic hydroxyl groups is 1. The molecule has 2 aliphatic rings. The van der Waals surface area contributed by atoms with E-state index in [0.29, 0.717) is 27.5 Å². The molecule has 4 nitrogen and oxygen atoms in total. The van der Waals surface area contributed by atoms with E-state index in [1.165, 1.54) is 11.0 Å². The number of amides is 1. The Balaban J connectivity index is 1.64. The lowest BCUT2D eigenvalue weighted by Gasteiger charge is -2.27. The molecule has 0 aromatic heterocycles. The Morgan fingerprint density at radius 3 is 2.78 bits per heavy atom. The molecule has 7 heteroatoms. The summed E-state index contributed by atoms with van der Waals surface area (Å²) in [6, 6.07) is 8.13. The average Bonchev–Trinajstić information content (AvgIpc) is 3.04. The number of nitrogens with zero attached hydrogens (tertiary/aromatic N) is 1. The highest BCUT2D eigenvalue weighted by Gasteiger charge is 2.37. The van der Waals surface area contributed by atoms with Crippen LogP contribution in [0, 0.1) is 11.6 Å². The summed E-state index contributed by atoms with van der Waals surface area (Å²) in [6.45, 7) is 0.201. The number of ether oxygens (including phenoxy) is 1. The number of carbonyl (C=O) groups is 1. The van der Waals surface area contributed by atoms with E-state index < -0.39 is 23.8 Å². The monoisotopic (exact) mass is 391 g/mol. The molecule has 0 saturated carbocycles. The predicted molar refractivity (Wildman–Crippen MR) is 96.4 cm³/mol. The highest BCUT2D eigenvalue weighted by molar-refractivity contribution is 6.30. The Morgan fingerprint density at radius 2 is 2.00 bits per heavy atom. The summed E-state index contributed by atoms with van der Waals surface area (Å²) in [6.07, 6.45) is 1.23. The maximum absolute atomic E-state index is 13.6. The van der Waals surface area contributed by atoms with Crippen LogP contribution < -0.4 is 4.74 Å². The Hall–Kier alpha value is -2.44. The minimum atomic E-state index is -0.981. The lowest BCUT2D eigenvalue weighted by atomic mass is 10.0. The van der Waals surface area contributed by atoms with E-state index in [1.54, 1.807) is 24.3 Å². The van der Waals surface area contributed by atoms with Crippen LogP contribution in [-0.4, -0.2) is 35.2 Å². The predicted octanol–water partition coefficient (Wildman–Crippen LogP) is 3.73. The van der Waals surface area contributed by atoms with Crippen LogP contribution in [0.1, 0.15) is 23.6 Å². The van der Waals surface area contributed by atoms with Gasteiger partial charge in [-0.1, -0.05) is 17.7 Å². The summed E-state index contributed by atoms with van der Waals surface area (Å²) in [5.74, 6) is -1.61. The van der Waals surface area contributed by atoms with Crippen molar-refractivity contribution in [1.82, 2.24) is 4.90 Å². The van der Waals surface area contributed by atoms with Crippen LogP contribution in [0.3, 0.4) is 0 Å². The van der Waals surface area contributed by atoms with Crippen LogP contribution in [-0.2, 0) is 4.79 Å². The first-order chi connectivity index (χ1) is 12.9. The first-order valence-electron chi connectivity index (χ1n) is 8.49. The number of β-amino-alcohol motifs (C(OH)–C–C–N with tert-alkyl or cyclic N) is 1. The highest BCUT2D eigenvalue weighted by Crippen LogP contribution is 2.36. The molecule has 140 valence electrons. The van der Waals surface area contributed by atoms with Gasteiger partial charge in [-0.3, -0.25) is 4.79 Å². The van der Waals surface area contributed by atoms with Gasteiger partial charge in [-0.2, -0.15) is 0 Å². The lowest BCUT2D eigenvalue weighted by molar-refractivity contribution is -0.128. The third kappa shape index (κ3) is 3.42. The topological polar surface area (TPSA) is 49.8 Å². The number of rotatable bonds is 2. The van der Waals surface area contributed by atoms with E-state index in [1.807, 2.05) is 0 Å². The second-order valence-corrected chi connectivity index (χ2v) is 7.11. The van der Waals surface area contributed by atoms with Gasteiger partial charge in [-0.05, 0) is 48.4 Å². The smallest absolute Gasteiger partial charge is 0.253 e. The second kappa shape index (κ2) is 6.94. The zero-order valence-electron chi connectivity index (χ0n) is 14.2. The molecule has 2 aliphatic heterocycles. The van der Waals surface area contributed by atoms with Crippen molar-refractivity contribution in [3.63, 3.8) is 0 Å². The van der Waals surface area contributed by atoms with Gasteiger partial charge < -0.3 is 14.7 Å². The Kier molecular flexibility index (Phi) is 4.61. The molecular formula is C20H16ClF2NO3. The van der Waals surface area contributed by atoms with Gasteiger partial charge >= 0.3 is 0 Å². The fourth-order valence-electron chi connectivity index (χ4n) is 3.53. The van der Waals surface area contributed by atoms with E-state index >= 15 is 0 Å². The second-order valence-electron chi connectivity index (χ2n) is 6.68. The average molecular weight is 392 g/mol. The van der Waals surface area contributed by atoms with Gasteiger partial charge in [0.05, 0.1) is 17.7 Å². The molecule has 4 rings (SSSR count). The molecule has 2 heterocycles. The van der Waals surface area contributed by atoms with Gasteiger partial charge in [0, 0.05) is 17.1 Å². The molecule has 2 atom stereocenters. The number of halogens is 3. The van der Waals surface area contributed by atoms with Gasteiger partial charge in [0.1, 0.15) is 12.4 Å². The summed E-state index contributed by atoms with van der Waals surface area (Å²) in [5, 5.41) is 10.6. The Labute approximate surface area is 159 Å². The molecular weight excluding hydrogens is 376 g/mol. The molecule has 0 aliphatic carbocycles. The molecule has 1 fully saturated rings. The van der Waals surface area contributed by atoms with Crippen molar-refractivity contribution >= 4 is 23.6 Å². The number of carbonyl (C=O) groups excluding carboxylic acids is 1. The largest absolute Gasteiger partial charge is 0.488 e. The van der Waals surface area contributed by atoms with Crippen molar-refractivity contribution in [2.75, 3.05) is 13.2 Å². The number of hydrogen-bond donors (Lipinski definition) is 1.